The Labute approximate surface area is 98.3 Å². The van der Waals surface area contributed by atoms with Gasteiger partial charge in [0.15, 0.2) is 0 Å². The minimum atomic E-state index is -1.01. The van der Waals surface area contributed by atoms with Crippen molar-refractivity contribution in [1.82, 2.24) is 15.3 Å². The zero-order chi connectivity index (χ0) is 12.9. The third kappa shape index (κ3) is 4.06. The molecule has 7 nitrogen and oxygen atoms in total. The number of urea groups is 1. The Bertz CT molecular complexity index is 405. The number of aliphatic carboxylic acids is 1. The number of carbonyl (C=O) groups is 2. The fourth-order valence-electron chi connectivity index (χ4n) is 0.916. The number of hydrogen-bond donors (Lipinski definition) is 3. The van der Waals surface area contributed by atoms with Crippen molar-refractivity contribution in [2.75, 3.05) is 11.9 Å². The molecule has 7 heteroatoms. The molecule has 17 heavy (non-hydrogen) atoms. The molecule has 0 spiro atoms. The summed E-state index contributed by atoms with van der Waals surface area (Å²) < 4.78 is 0. The zero-order valence-electron chi connectivity index (χ0n) is 9.60. The number of carbonyl (C=O) groups excluding carboxylic acids is 1. The lowest BCUT2D eigenvalue weighted by atomic mass is 9.94. The molecule has 0 atom stereocenters. The maximum absolute atomic E-state index is 11.4. The van der Waals surface area contributed by atoms with Crippen molar-refractivity contribution in [2.24, 2.45) is 5.41 Å². The number of carboxylic acids is 1. The summed E-state index contributed by atoms with van der Waals surface area (Å²) in [4.78, 5) is 29.7. The number of amides is 2. The van der Waals surface area contributed by atoms with Crippen LogP contribution in [0.1, 0.15) is 13.8 Å². The molecule has 0 aliphatic carbocycles. The molecule has 0 unspecified atom stereocenters. The van der Waals surface area contributed by atoms with Gasteiger partial charge in [0.2, 0.25) is 0 Å². The molecule has 1 rings (SSSR count). The standard InChI is InChI=1S/C10H14N4O3/c1-10(2,8(15)16)5-13-9(17)14-7-3-11-6-12-4-7/h3-4,6H,5H2,1-2H3,(H,15,16)(H2,13,14,17). The molecule has 1 heterocycles. The van der Waals surface area contributed by atoms with Crippen LogP contribution in [-0.2, 0) is 4.79 Å². The number of hydrogen-bond acceptors (Lipinski definition) is 4. The molecule has 1 aromatic heterocycles. The van der Waals surface area contributed by atoms with Gasteiger partial charge in [0.1, 0.15) is 6.33 Å². The molecule has 0 aliphatic heterocycles. The zero-order valence-corrected chi connectivity index (χ0v) is 9.60. The number of carboxylic acid groups (broad SMARTS) is 1. The highest BCUT2D eigenvalue weighted by atomic mass is 16.4. The van der Waals surface area contributed by atoms with Crippen LogP contribution in [0.15, 0.2) is 18.7 Å². The van der Waals surface area contributed by atoms with Crippen LogP contribution in [0.5, 0.6) is 0 Å². The summed E-state index contributed by atoms with van der Waals surface area (Å²) in [5.41, 5.74) is -0.567. The van der Waals surface area contributed by atoms with Gasteiger partial charge in [-0.1, -0.05) is 0 Å². The number of anilines is 1. The first-order valence-electron chi connectivity index (χ1n) is 4.95. The van der Waals surface area contributed by atoms with E-state index in [4.69, 9.17) is 5.11 Å². The van der Waals surface area contributed by atoms with Crippen LogP contribution in [0.25, 0.3) is 0 Å². The van der Waals surface area contributed by atoms with E-state index in [0.29, 0.717) is 5.69 Å². The molecule has 0 bridgehead atoms. The van der Waals surface area contributed by atoms with Gasteiger partial charge in [0, 0.05) is 6.54 Å². The average molecular weight is 238 g/mol. The van der Waals surface area contributed by atoms with Gasteiger partial charge in [0.25, 0.3) is 0 Å². The molecule has 0 aliphatic rings. The van der Waals surface area contributed by atoms with Gasteiger partial charge in [-0.15, -0.1) is 0 Å². The summed E-state index contributed by atoms with van der Waals surface area (Å²) in [6.07, 6.45) is 4.22. The van der Waals surface area contributed by atoms with Gasteiger partial charge < -0.3 is 15.7 Å². The third-order valence-corrected chi connectivity index (χ3v) is 2.09. The van der Waals surface area contributed by atoms with E-state index in [1.165, 1.54) is 32.6 Å². The van der Waals surface area contributed by atoms with Gasteiger partial charge in [-0.05, 0) is 13.8 Å². The second kappa shape index (κ2) is 5.24. The molecular weight excluding hydrogens is 224 g/mol. The number of rotatable bonds is 4. The van der Waals surface area contributed by atoms with Gasteiger partial charge in [0.05, 0.1) is 23.5 Å². The Morgan fingerprint density at radius 1 is 1.35 bits per heavy atom. The smallest absolute Gasteiger partial charge is 0.319 e. The van der Waals surface area contributed by atoms with Crippen molar-refractivity contribution < 1.29 is 14.7 Å². The molecule has 0 radical (unpaired) electrons. The van der Waals surface area contributed by atoms with Crippen LogP contribution in [-0.4, -0.2) is 33.6 Å². The number of nitrogens with zero attached hydrogens (tertiary/aromatic N) is 2. The lowest BCUT2D eigenvalue weighted by molar-refractivity contribution is -0.146. The Morgan fingerprint density at radius 2 is 1.94 bits per heavy atom. The number of aromatic nitrogens is 2. The van der Waals surface area contributed by atoms with Crippen LogP contribution >= 0.6 is 0 Å². The molecule has 1 aromatic rings. The first-order chi connectivity index (χ1) is 7.92. The summed E-state index contributed by atoms with van der Waals surface area (Å²) in [7, 11) is 0. The second-order valence-corrected chi connectivity index (χ2v) is 4.12. The van der Waals surface area contributed by atoms with Crippen LogP contribution < -0.4 is 10.6 Å². The predicted molar refractivity (Wildman–Crippen MR) is 60.5 cm³/mol. The Hall–Kier alpha value is -2.18. The third-order valence-electron chi connectivity index (χ3n) is 2.09. The molecule has 0 saturated heterocycles. The van der Waals surface area contributed by atoms with Crippen molar-refractivity contribution in [3.63, 3.8) is 0 Å². The van der Waals surface area contributed by atoms with E-state index in [9.17, 15) is 9.59 Å². The van der Waals surface area contributed by atoms with Crippen molar-refractivity contribution in [3.05, 3.63) is 18.7 Å². The lowest BCUT2D eigenvalue weighted by Gasteiger charge is -2.19. The van der Waals surface area contributed by atoms with E-state index < -0.39 is 17.4 Å². The van der Waals surface area contributed by atoms with E-state index in [1.807, 2.05) is 0 Å². The summed E-state index contributed by atoms with van der Waals surface area (Å²) in [5.74, 6) is -0.971. The van der Waals surface area contributed by atoms with E-state index in [1.54, 1.807) is 0 Å². The minimum Gasteiger partial charge on any atom is -0.481 e. The molecule has 0 saturated carbocycles. The van der Waals surface area contributed by atoms with E-state index in [-0.39, 0.29) is 6.54 Å². The summed E-state index contributed by atoms with van der Waals surface area (Å²) >= 11 is 0. The SMILES string of the molecule is CC(C)(CNC(=O)Nc1cncnc1)C(=O)O. The summed E-state index contributed by atoms with van der Waals surface area (Å²) in [5, 5.41) is 13.8. The van der Waals surface area contributed by atoms with E-state index in [2.05, 4.69) is 20.6 Å². The van der Waals surface area contributed by atoms with Gasteiger partial charge >= 0.3 is 12.0 Å². The van der Waals surface area contributed by atoms with E-state index >= 15 is 0 Å². The predicted octanol–water partition coefficient (Wildman–Crippen LogP) is 0.709. The van der Waals surface area contributed by atoms with E-state index in [0.717, 1.165) is 0 Å². The number of nitrogens with one attached hydrogen (secondary N) is 2. The lowest BCUT2D eigenvalue weighted by Crippen LogP contribution is -2.40. The molecule has 2 amide bonds. The van der Waals surface area contributed by atoms with Crippen molar-refractivity contribution in [1.29, 1.82) is 0 Å². The molecule has 0 aromatic carbocycles. The Balaban J connectivity index is 2.44. The topological polar surface area (TPSA) is 104 Å². The largest absolute Gasteiger partial charge is 0.481 e. The highest BCUT2D eigenvalue weighted by Crippen LogP contribution is 2.13. The highest BCUT2D eigenvalue weighted by Gasteiger charge is 2.27. The van der Waals surface area contributed by atoms with Crippen molar-refractivity contribution >= 4 is 17.7 Å². The first kappa shape index (κ1) is 12.9. The highest BCUT2D eigenvalue weighted by molar-refractivity contribution is 5.89. The Kier molecular flexibility index (Phi) is 3.97. The fourth-order valence-corrected chi connectivity index (χ4v) is 0.916. The average Bonchev–Trinajstić information content (AvgIpc) is 2.28. The molecule has 3 N–H and O–H groups in total. The normalized spacial score (nSPS) is 10.7. The fraction of sp³-hybridized carbons (Fsp3) is 0.400. The van der Waals surface area contributed by atoms with Crippen LogP contribution in [0.2, 0.25) is 0 Å². The van der Waals surface area contributed by atoms with Crippen molar-refractivity contribution in [2.45, 2.75) is 13.8 Å². The van der Waals surface area contributed by atoms with Crippen molar-refractivity contribution in [3.8, 4) is 0 Å². The molecule has 92 valence electrons. The Morgan fingerprint density at radius 3 is 2.47 bits per heavy atom. The molecule has 0 fully saturated rings. The molecular formula is C10H14N4O3. The maximum atomic E-state index is 11.4. The summed E-state index contributed by atoms with van der Waals surface area (Å²) in [6, 6.07) is -0.492. The summed E-state index contributed by atoms with van der Waals surface area (Å²) in [6.45, 7) is 3.09. The quantitative estimate of drug-likeness (QED) is 0.716. The van der Waals surface area contributed by atoms with Crippen LogP contribution in [0.3, 0.4) is 0 Å². The van der Waals surface area contributed by atoms with Gasteiger partial charge in [-0.2, -0.15) is 0 Å². The first-order valence-corrected chi connectivity index (χ1v) is 4.95. The van der Waals surface area contributed by atoms with Crippen LogP contribution in [0, 0.1) is 5.41 Å². The van der Waals surface area contributed by atoms with Gasteiger partial charge in [-0.3, -0.25) is 4.79 Å². The minimum absolute atomic E-state index is 0.0296. The monoisotopic (exact) mass is 238 g/mol. The van der Waals surface area contributed by atoms with Crippen LogP contribution in [0.4, 0.5) is 10.5 Å². The second-order valence-electron chi connectivity index (χ2n) is 4.12. The maximum Gasteiger partial charge on any atom is 0.319 e. The van der Waals surface area contributed by atoms with Gasteiger partial charge in [-0.25, -0.2) is 14.8 Å².